The monoisotopic (exact) mass is 222 g/mol. The average Bonchev–Trinajstić information content (AvgIpc) is 2.67. The second kappa shape index (κ2) is 4.03. The fourth-order valence-electron chi connectivity index (χ4n) is 1.58. The van der Waals surface area contributed by atoms with Crippen LogP contribution >= 0.6 is 11.6 Å². The highest BCUT2D eigenvalue weighted by molar-refractivity contribution is 6.29. The molecule has 3 nitrogen and oxygen atoms in total. The third-order valence-corrected chi connectivity index (χ3v) is 2.47. The molecule has 1 aromatic rings. The Morgan fingerprint density at radius 1 is 1.40 bits per heavy atom. The number of halogens is 1. The highest BCUT2D eigenvalue weighted by Crippen LogP contribution is 2.14. The molecule has 1 aliphatic heterocycles. The van der Waals surface area contributed by atoms with Crippen LogP contribution in [0.5, 0.6) is 0 Å². The zero-order valence-corrected chi connectivity index (χ0v) is 9.16. The van der Waals surface area contributed by atoms with Crippen molar-refractivity contribution >= 4 is 17.5 Å². The summed E-state index contributed by atoms with van der Waals surface area (Å²) < 4.78 is 0. The van der Waals surface area contributed by atoms with Crippen LogP contribution in [0.4, 0.5) is 0 Å². The van der Waals surface area contributed by atoms with Crippen molar-refractivity contribution in [2.45, 2.75) is 6.92 Å². The van der Waals surface area contributed by atoms with Gasteiger partial charge in [-0.15, -0.1) is 0 Å². The first-order chi connectivity index (χ1) is 7.16. The lowest BCUT2D eigenvalue weighted by molar-refractivity contribution is 0.0800. The maximum Gasteiger partial charge on any atom is 0.254 e. The molecule has 0 radical (unpaired) electrons. The van der Waals surface area contributed by atoms with E-state index >= 15 is 0 Å². The lowest BCUT2D eigenvalue weighted by atomic mass is 10.2. The fourth-order valence-corrected chi connectivity index (χ4v) is 1.83. The fraction of sp³-hybridized carbons (Fsp3) is 0.273. The summed E-state index contributed by atoms with van der Waals surface area (Å²) in [5.41, 5.74) is 1.37. The van der Waals surface area contributed by atoms with Crippen LogP contribution in [-0.2, 0) is 0 Å². The molecule has 78 valence electrons. The van der Waals surface area contributed by atoms with Gasteiger partial charge in [0.1, 0.15) is 5.15 Å². The van der Waals surface area contributed by atoms with Crippen molar-refractivity contribution in [2.75, 3.05) is 13.1 Å². The van der Waals surface area contributed by atoms with Crippen LogP contribution in [0.25, 0.3) is 0 Å². The van der Waals surface area contributed by atoms with Gasteiger partial charge in [0.2, 0.25) is 0 Å². The first-order valence-electron chi connectivity index (χ1n) is 4.75. The van der Waals surface area contributed by atoms with Crippen LogP contribution in [-0.4, -0.2) is 28.9 Å². The summed E-state index contributed by atoms with van der Waals surface area (Å²) in [4.78, 5) is 17.7. The number of hydrogen-bond acceptors (Lipinski definition) is 2. The topological polar surface area (TPSA) is 33.2 Å². The Bertz CT molecular complexity index is 400. The van der Waals surface area contributed by atoms with Crippen LogP contribution in [0.15, 0.2) is 24.3 Å². The van der Waals surface area contributed by atoms with Gasteiger partial charge in [0.05, 0.1) is 0 Å². The summed E-state index contributed by atoms with van der Waals surface area (Å²) in [5.74, 6) is 0.00685. The first kappa shape index (κ1) is 10.2. The van der Waals surface area contributed by atoms with Crippen molar-refractivity contribution in [1.82, 2.24) is 9.88 Å². The third-order valence-electron chi connectivity index (χ3n) is 2.27. The van der Waals surface area contributed by atoms with Crippen LogP contribution in [0.3, 0.4) is 0 Å². The molecule has 1 amide bonds. The molecule has 2 rings (SSSR count). The molecule has 0 spiro atoms. The van der Waals surface area contributed by atoms with Gasteiger partial charge in [0.15, 0.2) is 0 Å². The number of hydrogen-bond donors (Lipinski definition) is 0. The van der Waals surface area contributed by atoms with Gasteiger partial charge in [0, 0.05) is 24.3 Å². The number of amides is 1. The molecule has 2 heterocycles. The van der Waals surface area contributed by atoms with E-state index in [0.29, 0.717) is 23.8 Å². The highest BCUT2D eigenvalue weighted by atomic mass is 35.5. The van der Waals surface area contributed by atoms with E-state index in [1.165, 1.54) is 0 Å². The van der Waals surface area contributed by atoms with Crippen LogP contribution in [0, 0.1) is 6.92 Å². The van der Waals surface area contributed by atoms with Crippen LogP contribution < -0.4 is 0 Å². The lowest BCUT2D eigenvalue weighted by Gasteiger charge is -2.15. The van der Waals surface area contributed by atoms with Gasteiger partial charge >= 0.3 is 0 Å². The number of nitrogens with zero attached hydrogens (tertiary/aromatic N) is 2. The quantitative estimate of drug-likeness (QED) is 0.538. The molecule has 0 atom stereocenters. The zero-order chi connectivity index (χ0) is 10.8. The summed E-state index contributed by atoms with van der Waals surface area (Å²) in [7, 11) is 0. The smallest absolute Gasteiger partial charge is 0.254 e. The molecular formula is C11H11ClN2O. The Balaban J connectivity index is 2.25. The number of carbonyl (C=O) groups excluding carboxylic acids is 1. The van der Waals surface area contributed by atoms with Crippen molar-refractivity contribution in [3.63, 3.8) is 0 Å². The van der Waals surface area contributed by atoms with Crippen LogP contribution in [0.1, 0.15) is 16.1 Å². The summed E-state index contributed by atoms with van der Waals surface area (Å²) in [6, 6.07) is 3.36. The van der Waals surface area contributed by atoms with E-state index in [1.807, 2.05) is 19.1 Å². The largest absolute Gasteiger partial charge is 0.331 e. The third kappa shape index (κ3) is 2.18. The van der Waals surface area contributed by atoms with E-state index in [1.54, 1.807) is 17.0 Å². The van der Waals surface area contributed by atoms with Crippen molar-refractivity contribution in [3.05, 3.63) is 40.7 Å². The van der Waals surface area contributed by atoms with E-state index in [9.17, 15) is 4.79 Å². The molecule has 1 aromatic heterocycles. The predicted octanol–water partition coefficient (Wildman–Crippen LogP) is 2.06. The Morgan fingerprint density at radius 2 is 2.07 bits per heavy atom. The molecule has 0 aliphatic carbocycles. The number of pyridine rings is 1. The van der Waals surface area contributed by atoms with E-state index in [4.69, 9.17) is 11.6 Å². The minimum Gasteiger partial charge on any atom is -0.331 e. The summed E-state index contributed by atoms with van der Waals surface area (Å²) >= 11 is 5.80. The second-order valence-corrected chi connectivity index (χ2v) is 3.89. The van der Waals surface area contributed by atoms with Gasteiger partial charge in [-0.2, -0.15) is 0 Å². The Labute approximate surface area is 93.4 Å². The number of rotatable bonds is 1. The molecule has 0 bridgehead atoms. The standard InChI is InChI=1S/C11H11ClN2O/c1-8-6-9(7-10(12)13-8)11(15)14-4-2-3-5-14/h2-3,6-7H,4-5H2,1H3. The Kier molecular flexibility index (Phi) is 2.73. The zero-order valence-electron chi connectivity index (χ0n) is 8.40. The molecule has 0 saturated heterocycles. The molecule has 0 saturated carbocycles. The van der Waals surface area contributed by atoms with Crippen molar-refractivity contribution in [1.29, 1.82) is 0 Å². The SMILES string of the molecule is Cc1cc(C(=O)N2CC=CC2)cc(Cl)n1. The van der Waals surface area contributed by atoms with Gasteiger partial charge in [0.25, 0.3) is 5.91 Å². The predicted molar refractivity (Wildman–Crippen MR) is 59.0 cm³/mol. The maximum absolute atomic E-state index is 12.0. The molecule has 15 heavy (non-hydrogen) atoms. The molecule has 4 heteroatoms. The van der Waals surface area contributed by atoms with Gasteiger partial charge in [-0.1, -0.05) is 23.8 Å². The summed E-state index contributed by atoms with van der Waals surface area (Å²) in [6.07, 6.45) is 3.96. The second-order valence-electron chi connectivity index (χ2n) is 3.50. The molecule has 1 aliphatic rings. The lowest BCUT2D eigenvalue weighted by Crippen LogP contribution is -2.28. The van der Waals surface area contributed by atoms with E-state index < -0.39 is 0 Å². The van der Waals surface area contributed by atoms with Gasteiger partial charge in [-0.3, -0.25) is 4.79 Å². The molecular weight excluding hydrogens is 212 g/mol. The first-order valence-corrected chi connectivity index (χ1v) is 5.13. The normalized spacial score (nSPS) is 14.7. The van der Waals surface area contributed by atoms with Crippen molar-refractivity contribution in [2.24, 2.45) is 0 Å². The van der Waals surface area contributed by atoms with Gasteiger partial charge < -0.3 is 4.90 Å². The average molecular weight is 223 g/mol. The number of carbonyl (C=O) groups is 1. The van der Waals surface area contributed by atoms with Gasteiger partial charge in [-0.05, 0) is 19.1 Å². The number of aryl methyl sites for hydroxylation is 1. The Hall–Kier alpha value is -1.35. The Morgan fingerprint density at radius 3 is 2.67 bits per heavy atom. The minimum atomic E-state index is 0.00685. The molecule has 0 N–H and O–H groups in total. The highest BCUT2D eigenvalue weighted by Gasteiger charge is 2.16. The van der Waals surface area contributed by atoms with Crippen molar-refractivity contribution in [3.8, 4) is 0 Å². The number of aromatic nitrogens is 1. The summed E-state index contributed by atoms with van der Waals surface area (Å²) in [6.45, 7) is 3.18. The molecule has 0 aromatic carbocycles. The van der Waals surface area contributed by atoms with Gasteiger partial charge in [-0.25, -0.2) is 4.98 Å². The molecule has 0 unspecified atom stereocenters. The van der Waals surface area contributed by atoms with Crippen LogP contribution in [0.2, 0.25) is 5.15 Å². The van der Waals surface area contributed by atoms with E-state index in [0.717, 1.165) is 5.69 Å². The van der Waals surface area contributed by atoms with E-state index in [2.05, 4.69) is 4.98 Å². The van der Waals surface area contributed by atoms with E-state index in [-0.39, 0.29) is 5.91 Å². The van der Waals surface area contributed by atoms with Crippen molar-refractivity contribution < 1.29 is 4.79 Å². The maximum atomic E-state index is 12.0. The minimum absolute atomic E-state index is 0.00685. The molecule has 0 fully saturated rings. The summed E-state index contributed by atoms with van der Waals surface area (Å²) in [5, 5.41) is 0.366.